The number of aromatic nitrogens is 2. The minimum Gasteiger partial charge on any atom is -0.353 e. The largest absolute Gasteiger partial charge is 0.353 e. The fourth-order valence-electron chi connectivity index (χ4n) is 3.50. The summed E-state index contributed by atoms with van der Waals surface area (Å²) in [6.07, 6.45) is 4.74. The SMILES string of the molecule is O=C(Nc1ccc(F)cc1)[C@H]1CN(c2ncnc3c2CCC3)CCN1. The first-order valence-electron chi connectivity index (χ1n) is 8.58. The molecular weight excluding hydrogens is 321 g/mol. The van der Waals surface area contributed by atoms with Crippen LogP contribution in [0.1, 0.15) is 17.7 Å². The fourth-order valence-corrected chi connectivity index (χ4v) is 3.50. The standard InChI is InChI=1S/C18H20FN5O/c19-12-4-6-13(7-5-12)23-18(25)16-10-24(9-8-20-16)17-14-2-1-3-15(14)21-11-22-17/h4-7,11,16,20H,1-3,8-10H2,(H,23,25)/t16-/m1/s1. The summed E-state index contributed by atoms with van der Waals surface area (Å²) in [4.78, 5) is 23.5. The van der Waals surface area contributed by atoms with Crippen LogP contribution in [0.25, 0.3) is 0 Å². The third-order valence-electron chi connectivity index (χ3n) is 4.76. The smallest absolute Gasteiger partial charge is 0.243 e. The molecule has 2 N–H and O–H groups in total. The maximum absolute atomic E-state index is 13.0. The zero-order valence-corrected chi connectivity index (χ0v) is 13.8. The highest BCUT2D eigenvalue weighted by molar-refractivity contribution is 5.95. The van der Waals surface area contributed by atoms with Crippen LogP contribution in [0.3, 0.4) is 0 Å². The van der Waals surface area contributed by atoms with Crippen molar-refractivity contribution in [3.8, 4) is 0 Å². The number of benzene rings is 1. The molecule has 1 fully saturated rings. The van der Waals surface area contributed by atoms with Gasteiger partial charge in [0.2, 0.25) is 5.91 Å². The molecule has 25 heavy (non-hydrogen) atoms. The van der Waals surface area contributed by atoms with Crippen LogP contribution >= 0.6 is 0 Å². The Kier molecular flexibility index (Phi) is 4.31. The third kappa shape index (κ3) is 3.32. The van der Waals surface area contributed by atoms with Gasteiger partial charge in [0.25, 0.3) is 0 Å². The first kappa shape index (κ1) is 16.0. The fraction of sp³-hybridized carbons (Fsp3) is 0.389. The number of anilines is 2. The van der Waals surface area contributed by atoms with Crippen molar-refractivity contribution in [2.24, 2.45) is 0 Å². The topological polar surface area (TPSA) is 70.2 Å². The Bertz CT molecular complexity index is 780. The van der Waals surface area contributed by atoms with Gasteiger partial charge in [0, 0.05) is 36.6 Å². The lowest BCUT2D eigenvalue weighted by atomic mass is 10.1. The second-order valence-corrected chi connectivity index (χ2v) is 6.42. The van der Waals surface area contributed by atoms with Crippen LogP contribution in [-0.2, 0) is 17.6 Å². The predicted octanol–water partition coefficient (Wildman–Crippen LogP) is 1.52. The molecule has 0 unspecified atom stereocenters. The maximum Gasteiger partial charge on any atom is 0.243 e. The lowest BCUT2D eigenvalue weighted by molar-refractivity contribution is -0.118. The van der Waals surface area contributed by atoms with E-state index >= 15 is 0 Å². The summed E-state index contributed by atoms with van der Waals surface area (Å²) in [6.45, 7) is 2.07. The van der Waals surface area contributed by atoms with Crippen molar-refractivity contribution < 1.29 is 9.18 Å². The van der Waals surface area contributed by atoms with E-state index in [1.807, 2.05) is 0 Å². The normalized spacial score (nSPS) is 19.6. The Morgan fingerprint density at radius 2 is 2.08 bits per heavy atom. The number of carbonyl (C=O) groups excluding carboxylic acids is 1. The molecule has 1 atom stereocenters. The van der Waals surface area contributed by atoms with E-state index in [9.17, 15) is 9.18 Å². The zero-order valence-electron chi connectivity index (χ0n) is 13.8. The molecule has 0 spiro atoms. The minimum absolute atomic E-state index is 0.123. The second-order valence-electron chi connectivity index (χ2n) is 6.42. The van der Waals surface area contributed by atoms with E-state index in [0.29, 0.717) is 18.8 Å². The Hall–Kier alpha value is -2.54. The Balaban J connectivity index is 1.47. The average Bonchev–Trinajstić information content (AvgIpc) is 3.12. The summed E-state index contributed by atoms with van der Waals surface area (Å²) in [7, 11) is 0. The maximum atomic E-state index is 13.0. The molecule has 4 rings (SSSR count). The van der Waals surface area contributed by atoms with E-state index in [-0.39, 0.29) is 17.8 Å². The lowest BCUT2D eigenvalue weighted by Crippen LogP contribution is -2.56. The van der Waals surface area contributed by atoms with E-state index in [1.54, 1.807) is 18.5 Å². The van der Waals surface area contributed by atoms with Gasteiger partial charge in [-0.15, -0.1) is 0 Å². The quantitative estimate of drug-likeness (QED) is 0.886. The van der Waals surface area contributed by atoms with Crippen molar-refractivity contribution in [1.82, 2.24) is 15.3 Å². The molecule has 130 valence electrons. The number of nitrogens with zero attached hydrogens (tertiary/aromatic N) is 3. The molecule has 1 saturated heterocycles. The summed E-state index contributed by atoms with van der Waals surface area (Å²) in [5.74, 6) is 0.517. The summed E-state index contributed by atoms with van der Waals surface area (Å²) in [5.41, 5.74) is 2.95. The number of rotatable bonds is 3. The van der Waals surface area contributed by atoms with Crippen molar-refractivity contribution in [3.63, 3.8) is 0 Å². The van der Waals surface area contributed by atoms with E-state index < -0.39 is 0 Å². The first-order chi connectivity index (χ1) is 12.2. The Morgan fingerprint density at radius 1 is 1.24 bits per heavy atom. The number of amides is 1. The van der Waals surface area contributed by atoms with Crippen LogP contribution in [0.15, 0.2) is 30.6 Å². The van der Waals surface area contributed by atoms with Crippen LogP contribution in [0.5, 0.6) is 0 Å². The van der Waals surface area contributed by atoms with Crippen molar-refractivity contribution >= 4 is 17.4 Å². The van der Waals surface area contributed by atoms with E-state index in [2.05, 4.69) is 25.5 Å². The monoisotopic (exact) mass is 341 g/mol. The predicted molar refractivity (Wildman–Crippen MR) is 93.1 cm³/mol. The highest BCUT2D eigenvalue weighted by Gasteiger charge is 2.29. The number of carbonyl (C=O) groups is 1. The first-order valence-corrected chi connectivity index (χ1v) is 8.58. The van der Waals surface area contributed by atoms with Gasteiger partial charge in [0.15, 0.2) is 0 Å². The van der Waals surface area contributed by atoms with Crippen LogP contribution in [0, 0.1) is 5.82 Å². The molecule has 2 heterocycles. The van der Waals surface area contributed by atoms with Crippen LogP contribution < -0.4 is 15.5 Å². The minimum atomic E-state index is -0.342. The van der Waals surface area contributed by atoms with Crippen LogP contribution in [-0.4, -0.2) is 41.6 Å². The van der Waals surface area contributed by atoms with Crippen LogP contribution in [0.2, 0.25) is 0 Å². The highest BCUT2D eigenvalue weighted by Crippen LogP contribution is 2.28. The summed E-state index contributed by atoms with van der Waals surface area (Å²) in [6, 6.07) is 5.45. The molecule has 1 aliphatic carbocycles. The number of halogens is 1. The highest BCUT2D eigenvalue weighted by atomic mass is 19.1. The molecule has 6 nitrogen and oxygen atoms in total. The molecule has 0 bridgehead atoms. The molecule has 2 aliphatic rings. The molecule has 1 aromatic heterocycles. The number of nitrogens with one attached hydrogen (secondary N) is 2. The van der Waals surface area contributed by atoms with Gasteiger partial charge >= 0.3 is 0 Å². The van der Waals surface area contributed by atoms with Gasteiger partial charge in [-0.3, -0.25) is 4.79 Å². The van der Waals surface area contributed by atoms with Gasteiger partial charge in [-0.2, -0.15) is 0 Å². The van der Waals surface area contributed by atoms with E-state index in [1.165, 1.54) is 17.7 Å². The average molecular weight is 341 g/mol. The number of piperazine rings is 1. The van der Waals surface area contributed by atoms with E-state index in [0.717, 1.165) is 37.3 Å². The number of hydrogen-bond donors (Lipinski definition) is 2. The van der Waals surface area contributed by atoms with Crippen molar-refractivity contribution in [2.75, 3.05) is 29.9 Å². The van der Waals surface area contributed by atoms with Crippen molar-refractivity contribution in [1.29, 1.82) is 0 Å². The summed E-state index contributed by atoms with van der Waals surface area (Å²) >= 11 is 0. The van der Waals surface area contributed by atoms with Gasteiger partial charge < -0.3 is 15.5 Å². The molecule has 0 radical (unpaired) electrons. The van der Waals surface area contributed by atoms with Gasteiger partial charge in [-0.25, -0.2) is 14.4 Å². The molecule has 7 heteroatoms. The van der Waals surface area contributed by atoms with Crippen molar-refractivity contribution in [2.45, 2.75) is 25.3 Å². The summed E-state index contributed by atoms with van der Waals surface area (Å²) in [5, 5.41) is 6.08. The molecule has 1 aromatic carbocycles. The molecular formula is C18H20FN5O. The van der Waals surface area contributed by atoms with Gasteiger partial charge in [0.1, 0.15) is 24.0 Å². The zero-order chi connectivity index (χ0) is 17.2. The van der Waals surface area contributed by atoms with Crippen molar-refractivity contribution in [3.05, 3.63) is 47.7 Å². The molecule has 0 saturated carbocycles. The second kappa shape index (κ2) is 6.76. The van der Waals surface area contributed by atoms with Gasteiger partial charge in [-0.05, 0) is 43.5 Å². The number of fused-ring (bicyclic) bond motifs is 1. The Labute approximate surface area is 145 Å². The van der Waals surface area contributed by atoms with Crippen LogP contribution in [0.4, 0.5) is 15.9 Å². The number of hydrogen-bond acceptors (Lipinski definition) is 5. The molecule has 1 aliphatic heterocycles. The van der Waals surface area contributed by atoms with E-state index in [4.69, 9.17) is 0 Å². The van der Waals surface area contributed by atoms with Gasteiger partial charge in [0.05, 0.1) is 0 Å². The third-order valence-corrected chi connectivity index (χ3v) is 4.76. The molecule has 1 amide bonds. The van der Waals surface area contributed by atoms with Gasteiger partial charge in [-0.1, -0.05) is 0 Å². The number of aryl methyl sites for hydroxylation is 1. The molecule has 2 aromatic rings. The summed E-state index contributed by atoms with van der Waals surface area (Å²) < 4.78 is 13.0. The Morgan fingerprint density at radius 3 is 2.92 bits per heavy atom. The lowest BCUT2D eigenvalue weighted by Gasteiger charge is -2.34.